The fourth-order valence-corrected chi connectivity index (χ4v) is 4.72. The van der Waals surface area contributed by atoms with Crippen molar-refractivity contribution < 1.29 is 4.79 Å². The van der Waals surface area contributed by atoms with Gasteiger partial charge in [0.2, 0.25) is 0 Å². The van der Waals surface area contributed by atoms with Crippen LogP contribution in [0.5, 0.6) is 0 Å². The quantitative estimate of drug-likeness (QED) is 0.463. The van der Waals surface area contributed by atoms with Crippen LogP contribution in [0.15, 0.2) is 53.1 Å². The van der Waals surface area contributed by atoms with Crippen LogP contribution in [0.1, 0.15) is 28.8 Å². The van der Waals surface area contributed by atoms with E-state index in [1.807, 2.05) is 18.2 Å². The van der Waals surface area contributed by atoms with Crippen LogP contribution in [-0.4, -0.2) is 60.3 Å². The van der Waals surface area contributed by atoms with Crippen molar-refractivity contribution >= 4 is 44.0 Å². The van der Waals surface area contributed by atoms with Crippen LogP contribution >= 0.6 is 15.9 Å². The number of rotatable bonds is 7. The molecule has 1 aliphatic carbocycles. The van der Waals surface area contributed by atoms with Gasteiger partial charge >= 0.3 is 0 Å². The molecule has 1 saturated carbocycles. The number of Topliss-reactive ketones (excluding diaryl/α,β-unsaturated/α-hetero) is 1. The molecule has 5 nitrogen and oxygen atoms in total. The predicted molar refractivity (Wildman–Crippen MR) is 134 cm³/mol. The number of nitrogens with zero attached hydrogens (tertiary/aromatic N) is 3. The molecule has 6 heteroatoms. The summed E-state index contributed by atoms with van der Waals surface area (Å²) in [6, 6.07) is 14.6. The van der Waals surface area contributed by atoms with Gasteiger partial charge in [-0.05, 0) is 62.2 Å². The molecule has 0 radical (unpaired) electrons. The molecule has 0 amide bonds. The summed E-state index contributed by atoms with van der Waals surface area (Å²) < 4.78 is 0.979. The van der Waals surface area contributed by atoms with Crippen molar-refractivity contribution in [1.82, 2.24) is 14.8 Å². The van der Waals surface area contributed by atoms with Crippen LogP contribution in [-0.2, 0) is 6.42 Å². The van der Waals surface area contributed by atoms with E-state index in [-0.39, 0.29) is 11.7 Å². The van der Waals surface area contributed by atoms with Gasteiger partial charge in [-0.3, -0.25) is 9.78 Å². The fraction of sp³-hybridized carbons (Fsp3) is 0.385. The lowest BCUT2D eigenvalue weighted by Gasteiger charge is -2.32. The lowest BCUT2D eigenvalue weighted by Crippen LogP contribution is -2.45. The van der Waals surface area contributed by atoms with Gasteiger partial charge in [0.05, 0.1) is 16.8 Å². The molecule has 0 unspecified atom stereocenters. The molecule has 2 aromatic carbocycles. The van der Waals surface area contributed by atoms with Gasteiger partial charge in [0.1, 0.15) is 0 Å². The molecule has 0 bridgehead atoms. The highest BCUT2D eigenvalue weighted by Gasteiger charge is 2.32. The van der Waals surface area contributed by atoms with Crippen LogP contribution in [0.4, 0.5) is 11.4 Å². The smallest absolute Gasteiger partial charge is 0.169 e. The molecular weight excluding hydrogens is 464 g/mol. The molecule has 5 rings (SSSR count). The first kappa shape index (κ1) is 21.6. The predicted octanol–water partition coefficient (Wildman–Crippen LogP) is 5.12. The summed E-state index contributed by atoms with van der Waals surface area (Å²) in [6.07, 6.45) is 4.74. The van der Waals surface area contributed by atoms with E-state index in [1.54, 1.807) is 6.20 Å². The Kier molecular flexibility index (Phi) is 6.26. The second-order valence-electron chi connectivity index (χ2n) is 9.07. The van der Waals surface area contributed by atoms with E-state index in [1.165, 1.54) is 5.56 Å². The van der Waals surface area contributed by atoms with E-state index in [0.717, 1.165) is 78.7 Å². The molecule has 2 fully saturated rings. The Morgan fingerprint density at radius 2 is 1.94 bits per heavy atom. The normalized spacial score (nSPS) is 17.6. The van der Waals surface area contributed by atoms with Crippen molar-refractivity contribution in [3.63, 3.8) is 0 Å². The topological polar surface area (TPSA) is 48.5 Å². The lowest BCUT2D eigenvalue weighted by molar-refractivity contribution is 0.0968. The number of hydrogen-bond acceptors (Lipinski definition) is 5. The molecule has 2 aliphatic rings. The third-order valence-corrected chi connectivity index (χ3v) is 7.05. The van der Waals surface area contributed by atoms with Crippen molar-refractivity contribution in [2.45, 2.75) is 19.3 Å². The SMILES string of the molecule is CN1CCN(CCc2cccc(Nc3c(C(=O)C4CC4)cnc4ccc(Br)cc34)c2)CC1. The minimum atomic E-state index is 0.150. The minimum Gasteiger partial charge on any atom is -0.354 e. The zero-order valence-corrected chi connectivity index (χ0v) is 20.1. The van der Waals surface area contributed by atoms with Crippen molar-refractivity contribution in [2.24, 2.45) is 5.92 Å². The summed E-state index contributed by atoms with van der Waals surface area (Å²) in [5, 5.41) is 4.55. The van der Waals surface area contributed by atoms with E-state index < -0.39 is 0 Å². The number of carbonyl (C=O) groups is 1. The van der Waals surface area contributed by atoms with Gasteiger partial charge in [-0.15, -0.1) is 0 Å². The molecule has 1 saturated heterocycles. The van der Waals surface area contributed by atoms with Crippen molar-refractivity contribution in [3.8, 4) is 0 Å². The Morgan fingerprint density at radius 1 is 1.12 bits per heavy atom. The van der Waals surface area contributed by atoms with Gasteiger partial charge in [-0.1, -0.05) is 28.1 Å². The van der Waals surface area contributed by atoms with Gasteiger partial charge in [-0.25, -0.2) is 0 Å². The molecule has 1 N–H and O–H groups in total. The maximum absolute atomic E-state index is 13.0. The number of hydrogen-bond donors (Lipinski definition) is 1. The van der Waals surface area contributed by atoms with Gasteiger partial charge in [-0.2, -0.15) is 0 Å². The molecule has 1 aliphatic heterocycles. The molecule has 1 aromatic heterocycles. The summed E-state index contributed by atoms with van der Waals surface area (Å²) in [5.74, 6) is 0.352. The largest absolute Gasteiger partial charge is 0.354 e. The fourth-order valence-electron chi connectivity index (χ4n) is 4.36. The third-order valence-electron chi connectivity index (χ3n) is 6.55. The molecule has 3 aromatic rings. The van der Waals surface area contributed by atoms with Gasteiger partial charge in [0, 0.05) is 60.4 Å². The Bertz CT molecular complexity index is 1140. The summed E-state index contributed by atoms with van der Waals surface area (Å²) >= 11 is 3.58. The molecule has 2 heterocycles. The Morgan fingerprint density at radius 3 is 2.72 bits per heavy atom. The molecule has 32 heavy (non-hydrogen) atoms. The van der Waals surface area contributed by atoms with Crippen molar-refractivity contribution in [1.29, 1.82) is 0 Å². The first-order valence-electron chi connectivity index (χ1n) is 11.5. The highest BCUT2D eigenvalue weighted by molar-refractivity contribution is 9.10. The second kappa shape index (κ2) is 9.30. The number of fused-ring (bicyclic) bond motifs is 1. The summed E-state index contributed by atoms with van der Waals surface area (Å²) in [4.78, 5) is 22.5. The Labute approximate surface area is 197 Å². The van der Waals surface area contributed by atoms with Crippen LogP contribution in [0.2, 0.25) is 0 Å². The number of halogens is 1. The van der Waals surface area contributed by atoms with Gasteiger partial charge in [0.15, 0.2) is 5.78 Å². The molecule has 166 valence electrons. The monoisotopic (exact) mass is 492 g/mol. The minimum absolute atomic E-state index is 0.150. The Hall–Kier alpha value is -2.28. The highest BCUT2D eigenvalue weighted by Crippen LogP contribution is 2.38. The maximum Gasteiger partial charge on any atom is 0.169 e. The summed E-state index contributed by atoms with van der Waals surface area (Å²) in [5.41, 5.74) is 4.77. The van der Waals surface area contributed by atoms with E-state index in [0.29, 0.717) is 5.56 Å². The van der Waals surface area contributed by atoms with Crippen LogP contribution in [0.3, 0.4) is 0 Å². The standard InChI is InChI=1S/C26H29BrN4O/c1-30-11-13-31(14-12-30)10-9-18-3-2-4-21(15-18)29-25-22-16-20(27)7-8-24(22)28-17-23(25)26(32)19-5-6-19/h2-4,7-8,15-17,19H,5-6,9-14H2,1H3,(H,28,29). The van der Waals surface area contributed by atoms with E-state index in [9.17, 15) is 4.79 Å². The number of likely N-dealkylation sites (N-methyl/N-ethyl adjacent to an activating group) is 1. The highest BCUT2D eigenvalue weighted by atomic mass is 79.9. The molecular formula is C26H29BrN4O. The van der Waals surface area contributed by atoms with E-state index in [4.69, 9.17) is 0 Å². The summed E-state index contributed by atoms with van der Waals surface area (Å²) in [6.45, 7) is 5.64. The number of piperazine rings is 1. The average Bonchev–Trinajstić information content (AvgIpc) is 3.64. The first-order valence-corrected chi connectivity index (χ1v) is 12.3. The zero-order valence-electron chi connectivity index (χ0n) is 18.5. The number of carbonyl (C=O) groups excluding carboxylic acids is 1. The number of ketones is 1. The number of nitrogens with one attached hydrogen (secondary N) is 1. The van der Waals surface area contributed by atoms with Gasteiger partial charge < -0.3 is 15.1 Å². The number of pyridine rings is 1. The van der Waals surface area contributed by atoms with Crippen molar-refractivity contribution in [3.05, 3.63) is 64.3 Å². The first-order chi connectivity index (χ1) is 15.6. The third kappa shape index (κ3) is 4.87. The summed E-state index contributed by atoms with van der Waals surface area (Å²) in [7, 11) is 2.19. The van der Waals surface area contributed by atoms with Gasteiger partial charge in [0.25, 0.3) is 0 Å². The van der Waals surface area contributed by atoms with Crippen LogP contribution in [0, 0.1) is 5.92 Å². The molecule has 0 atom stereocenters. The van der Waals surface area contributed by atoms with E-state index in [2.05, 4.69) is 67.3 Å². The van der Waals surface area contributed by atoms with Crippen LogP contribution in [0.25, 0.3) is 10.9 Å². The Balaban J connectivity index is 1.40. The van der Waals surface area contributed by atoms with Crippen LogP contribution < -0.4 is 5.32 Å². The second-order valence-corrected chi connectivity index (χ2v) is 9.98. The zero-order chi connectivity index (χ0) is 22.1. The molecule has 0 spiro atoms. The number of benzene rings is 2. The number of aromatic nitrogens is 1. The average molecular weight is 493 g/mol. The number of anilines is 2. The lowest BCUT2D eigenvalue weighted by atomic mass is 10.0. The van der Waals surface area contributed by atoms with E-state index >= 15 is 0 Å². The maximum atomic E-state index is 13.0. The van der Waals surface area contributed by atoms with Crippen molar-refractivity contribution in [2.75, 3.05) is 45.1 Å².